The first kappa shape index (κ1) is 19.3. The van der Waals surface area contributed by atoms with Crippen LogP contribution in [-0.4, -0.2) is 27.1 Å². The van der Waals surface area contributed by atoms with Crippen molar-refractivity contribution in [3.63, 3.8) is 0 Å². The van der Waals surface area contributed by atoms with Crippen LogP contribution in [0.4, 0.5) is 19.0 Å². The van der Waals surface area contributed by atoms with E-state index in [4.69, 9.17) is 17.3 Å². The van der Waals surface area contributed by atoms with Gasteiger partial charge in [0.1, 0.15) is 16.9 Å². The molecule has 0 aliphatic carbocycles. The molecule has 0 saturated heterocycles. The molecule has 138 valence electrons. The van der Waals surface area contributed by atoms with E-state index in [9.17, 15) is 37.8 Å². The third-order valence-electron chi connectivity index (χ3n) is 3.63. The van der Waals surface area contributed by atoms with Gasteiger partial charge in [0.05, 0.1) is 10.6 Å². The number of carbonyl (C=O) groups is 2. The molecule has 0 spiro atoms. The third kappa shape index (κ3) is 3.10. The average Bonchev–Trinajstić information content (AvgIpc) is 2.46. The van der Waals surface area contributed by atoms with Crippen molar-refractivity contribution in [3.05, 3.63) is 49.8 Å². The number of aromatic amines is 1. The maximum absolute atomic E-state index is 13.0. The Morgan fingerprint density at radius 2 is 1.69 bits per heavy atom. The van der Waals surface area contributed by atoms with Gasteiger partial charge in [0.25, 0.3) is 5.56 Å². The second kappa shape index (κ2) is 6.37. The lowest BCUT2D eigenvalue weighted by molar-refractivity contribution is -0.138. The zero-order valence-corrected chi connectivity index (χ0v) is 13.6. The minimum absolute atomic E-state index is 0.371. The quantitative estimate of drug-likeness (QED) is 0.636. The summed E-state index contributed by atoms with van der Waals surface area (Å²) in [5.41, 5.74) is -0.130. The maximum atomic E-state index is 13.0. The highest BCUT2D eigenvalue weighted by Gasteiger charge is 2.35. The number of aromatic carboxylic acids is 2. The molecule has 0 saturated carbocycles. The number of hydrogen-bond acceptors (Lipinski definition) is 4. The Morgan fingerprint density at radius 1 is 1.15 bits per heavy atom. The van der Waals surface area contributed by atoms with E-state index in [1.54, 1.807) is 0 Å². The number of pyridine rings is 1. The van der Waals surface area contributed by atoms with Gasteiger partial charge < -0.3 is 20.9 Å². The third-order valence-corrected chi connectivity index (χ3v) is 4.12. The predicted molar refractivity (Wildman–Crippen MR) is 85.6 cm³/mol. The van der Waals surface area contributed by atoms with Crippen LogP contribution in [0.2, 0.25) is 5.02 Å². The molecule has 0 atom stereocenters. The molecule has 0 fully saturated rings. The number of nitrogen functional groups attached to an aromatic ring is 1. The van der Waals surface area contributed by atoms with Crippen LogP contribution in [0.25, 0.3) is 11.1 Å². The van der Waals surface area contributed by atoms with Gasteiger partial charge >= 0.3 is 18.1 Å². The molecular formula is C15H10ClF3N2O5. The zero-order chi connectivity index (χ0) is 20.0. The number of anilines is 1. The topological polar surface area (TPSA) is 133 Å². The van der Waals surface area contributed by atoms with Crippen molar-refractivity contribution >= 4 is 29.4 Å². The van der Waals surface area contributed by atoms with Gasteiger partial charge in [-0.1, -0.05) is 17.7 Å². The molecule has 0 radical (unpaired) electrons. The number of rotatable bonds is 3. The number of nitrogens with two attached hydrogens (primary N) is 1. The summed E-state index contributed by atoms with van der Waals surface area (Å²) < 4.78 is 39.0. The Morgan fingerprint density at radius 3 is 2.15 bits per heavy atom. The molecule has 0 aliphatic heterocycles. The van der Waals surface area contributed by atoms with Gasteiger partial charge in [-0.2, -0.15) is 13.2 Å². The normalized spacial score (nSPS) is 11.4. The molecule has 0 bridgehead atoms. The molecule has 0 amide bonds. The molecule has 26 heavy (non-hydrogen) atoms. The van der Waals surface area contributed by atoms with Crippen LogP contribution in [-0.2, 0) is 6.18 Å². The average molecular weight is 391 g/mol. The predicted octanol–water partition coefficient (Wildman–Crippen LogP) is 3.00. The number of alkyl halides is 3. The molecule has 1 heterocycles. The number of H-pyrrole nitrogens is 1. The number of carboxylic acids is 2. The van der Waals surface area contributed by atoms with Crippen molar-refractivity contribution < 1.29 is 33.0 Å². The monoisotopic (exact) mass is 390 g/mol. The van der Waals surface area contributed by atoms with Crippen molar-refractivity contribution in [2.45, 2.75) is 13.1 Å². The van der Waals surface area contributed by atoms with Crippen LogP contribution >= 0.6 is 11.6 Å². The van der Waals surface area contributed by atoms with E-state index in [2.05, 4.69) is 0 Å². The highest BCUT2D eigenvalue weighted by Crippen LogP contribution is 2.41. The van der Waals surface area contributed by atoms with Crippen LogP contribution in [0.5, 0.6) is 0 Å². The van der Waals surface area contributed by atoms with Crippen LogP contribution < -0.4 is 11.3 Å². The van der Waals surface area contributed by atoms with E-state index < -0.39 is 62.3 Å². The largest absolute Gasteiger partial charge is 0.478 e. The molecule has 11 heteroatoms. The van der Waals surface area contributed by atoms with Gasteiger partial charge in [-0.25, -0.2) is 9.59 Å². The van der Waals surface area contributed by atoms with E-state index in [1.807, 2.05) is 4.98 Å². The van der Waals surface area contributed by atoms with E-state index >= 15 is 0 Å². The summed E-state index contributed by atoms with van der Waals surface area (Å²) in [5, 5.41) is 18.1. The number of benzene rings is 1. The Labute approximate surface area is 147 Å². The van der Waals surface area contributed by atoms with Crippen molar-refractivity contribution in [2.75, 3.05) is 5.73 Å². The Kier molecular flexibility index (Phi) is 4.73. The number of carboxylic acid groups (broad SMARTS) is 2. The molecule has 0 unspecified atom stereocenters. The fourth-order valence-electron chi connectivity index (χ4n) is 2.50. The Balaban J connectivity index is 3.02. The molecule has 0 aliphatic rings. The minimum Gasteiger partial charge on any atom is -0.478 e. The van der Waals surface area contributed by atoms with Crippen LogP contribution in [0.3, 0.4) is 0 Å². The van der Waals surface area contributed by atoms with Crippen LogP contribution in [0, 0.1) is 6.92 Å². The first-order chi connectivity index (χ1) is 11.9. The first-order valence-electron chi connectivity index (χ1n) is 6.76. The van der Waals surface area contributed by atoms with Gasteiger partial charge in [-0.15, -0.1) is 0 Å². The van der Waals surface area contributed by atoms with Gasteiger partial charge in [0.15, 0.2) is 0 Å². The lowest BCUT2D eigenvalue weighted by Gasteiger charge is -2.17. The van der Waals surface area contributed by atoms with Crippen molar-refractivity contribution in [1.29, 1.82) is 0 Å². The van der Waals surface area contributed by atoms with Crippen LogP contribution in [0.15, 0.2) is 16.9 Å². The fourth-order valence-corrected chi connectivity index (χ4v) is 2.76. The number of aromatic nitrogens is 1. The van der Waals surface area contributed by atoms with Gasteiger partial charge in [-0.05, 0) is 18.6 Å². The molecule has 5 N–H and O–H groups in total. The summed E-state index contributed by atoms with van der Waals surface area (Å²) in [6.45, 7) is 1.03. The second-order valence-electron chi connectivity index (χ2n) is 5.20. The number of halogens is 4. The lowest BCUT2D eigenvalue weighted by atomic mass is 9.92. The SMILES string of the molecule is Cc1c(C(F)(F)F)ccc(-c2c(C(=O)O)c(N)[nH]c(=O)c2C(=O)O)c1Cl. The van der Waals surface area contributed by atoms with Crippen LogP contribution in [0.1, 0.15) is 31.8 Å². The number of hydrogen-bond donors (Lipinski definition) is 4. The Bertz CT molecular complexity index is 998. The fraction of sp³-hybridized carbons (Fsp3) is 0.133. The molecule has 7 nitrogen and oxygen atoms in total. The molecule has 1 aromatic heterocycles. The van der Waals surface area contributed by atoms with Crippen molar-refractivity contribution in [1.82, 2.24) is 4.98 Å². The maximum Gasteiger partial charge on any atom is 0.416 e. The molecule has 2 aromatic rings. The zero-order valence-electron chi connectivity index (χ0n) is 12.9. The smallest absolute Gasteiger partial charge is 0.416 e. The van der Waals surface area contributed by atoms with Crippen molar-refractivity contribution in [3.8, 4) is 11.1 Å². The number of nitrogens with one attached hydrogen (secondary N) is 1. The minimum atomic E-state index is -4.73. The lowest BCUT2D eigenvalue weighted by Crippen LogP contribution is -2.24. The highest BCUT2D eigenvalue weighted by atomic mass is 35.5. The van der Waals surface area contributed by atoms with E-state index in [-0.39, 0.29) is 5.56 Å². The molecular weight excluding hydrogens is 381 g/mol. The van der Waals surface area contributed by atoms with Gasteiger partial charge in [0.2, 0.25) is 0 Å². The summed E-state index contributed by atoms with van der Waals surface area (Å²) in [4.78, 5) is 36.8. The first-order valence-corrected chi connectivity index (χ1v) is 7.14. The van der Waals surface area contributed by atoms with E-state index in [1.165, 1.54) is 0 Å². The molecule has 1 aromatic carbocycles. The molecule has 2 rings (SSSR count). The van der Waals surface area contributed by atoms with Gasteiger partial charge in [-0.3, -0.25) is 4.79 Å². The van der Waals surface area contributed by atoms with Gasteiger partial charge in [0, 0.05) is 11.1 Å². The Hall–Kier alpha value is -3.01. The summed E-state index contributed by atoms with van der Waals surface area (Å²) in [5.74, 6) is -4.14. The summed E-state index contributed by atoms with van der Waals surface area (Å²) in [7, 11) is 0. The van der Waals surface area contributed by atoms with E-state index in [0.717, 1.165) is 13.0 Å². The summed E-state index contributed by atoms with van der Waals surface area (Å²) in [6, 6.07) is 1.41. The summed E-state index contributed by atoms with van der Waals surface area (Å²) in [6.07, 6.45) is -4.73. The summed E-state index contributed by atoms with van der Waals surface area (Å²) >= 11 is 5.96. The van der Waals surface area contributed by atoms with E-state index in [0.29, 0.717) is 6.07 Å². The van der Waals surface area contributed by atoms with Crippen molar-refractivity contribution in [2.24, 2.45) is 0 Å². The highest BCUT2D eigenvalue weighted by molar-refractivity contribution is 6.34. The standard InChI is InChI=1S/C15H10ClF3N2O5/c1-4-6(15(17,18)19)3-2-5(10(4)16)7-8(13(23)24)11(20)21-12(22)9(7)14(25)26/h2-3H,1H3,(H,23,24)(H,25,26)(H3,20,21,22). The second-order valence-corrected chi connectivity index (χ2v) is 5.58.